The molecule has 2 aromatic rings. The van der Waals surface area contributed by atoms with Gasteiger partial charge in [0.2, 0.25) is 0 Å². The highest BCUT2D eigenvalue weighted by Gasteiger charge is 2.14. The molecule has 78 valence electrons. The molecule has 0 aliphatic carbocycles. The first-order valence-electron chi connectivity index (χ1n) is 5.06. The van der Waals surface area contributed by atoms with E-state index >= 15 is 0 Å². The van der Waals surface area contributed by atoms with Crippen LogP contribution >= 0.6 is 11.8 Å². The zero-order chi connectivity index (χ0) is 10.1. The highest BCUT2D eigenvalue weighted by molar-refractivity contribution is 7.99. The second-order valence-corrected chi connectivity index (χ2v) is 4.88. The smallest absolute Gasteiger partial charge is 0.115 e. The number of aromatic nitrogens is 3. The first kappa shape index (κ1) is 9.03. The van der Waals surface area contributed by atoms with Crippen LogP contribution in [0.25, 0.3) is 11.0 Å². The van der Waals surface area contributed by atoms with Crippen LogP contribution < -0.4 is 5.32 Å². The summed E-state index contributed by atoms with van der Waals surface area (Å²) in [6.45, 7) is 0. The summed E-state index contributed by atoms with van der Waals surface area (Å²) in [5.74, 6) is 2.47. The molecule has 0 amide bonds. The van der Waals surface area contributed by atoms with Crippen LogP contribution in [0, 0.1) is 0 Å². The van der Waals surface area contributed by atoms with Gasteiger partial charge in [0.1, 0.15) is 11.0 Å². The van der Waals surface area contributed by atoms with Gasteiger partial charge in [-0.3, -0.25) is 0 Å². The lowest BCUT2D eigenvalue weighted by Gasteiger charge is -2.12. The van der Waals surface area contributed by atoms with Crippen LogP contribution in [0.2, 0.25) is 0 Å². The molecule has 1 atom stereocenters. The van der Waals surface area contributed by atoms with Crippen molar-refractivity contribution in [3.8, 4) is 0 Å². The fourth-order valence-electron chi connectivity index (χ4n) is 1.81. The van der Waals surface area contributed by atoms with Gasteiger partial charge < -0.3 is 5.32 Å². The molecule has 2 heterocycles. The normalized spacial score (nSPS) is 20.9. The lowest BCUT2D eigenvalue weighted by Crippen LogP contribution is -2.17. The van der Waals surface area contributed by atoms with E-state index in [0.29, 0.717) is 6.04 Å². The Hall–Kier alpha value is -1.23. The first-order valence-corrected chi connectivity index (χ1v) is 6.22. The predicted octanol–water partition coefficient (Wildman–Crippen LogP) is 1.88. The summed E-state index contributed by atoms with van der Waals surface area (Å²) in [6.07, 6.45) is 1.25. The molecule has 1 aromatic heterocycles. The van der Waals surface area contributed by atoms with E-state index in [1.54, 1.807) is 0 Å². The van der Waals surface area contributed by atoms with E-state index in [0.717, 1.165) is 16.7 Å². The van der Waals surface area contributed by atoms with Gasteiger partial charge in [-0.25, -0.2) is 0 Å². The van der Waals surface area contributed by atoms with Gasteiger partial charge in [0.15, 0.2) is 0 Å². The summed E-state index contributed by atoms with van der Waals surface area (Å²) in [4.78, 5) is 0. The van der Waals surface area contributed by atoms with Crippen LogP contribution in [0.1, 0.15) is 6.42 Å². The van der Waals surface area contributed by atoms with Crippen molar-refractivity contribution in [2.75, 3.05) is 16.8 Å². The molecule has 2 N–H and O–H groups in total. The molecule has 1 fully saturated rings. The molecule has 0 spiro atoms. The summed E-state index contributed by atoms with van der Waals surface area (Å²) in [5, 5.41) is 14.2. The molecular formula is C10H12N4S. The van der Waals surface area contributed by atoms with Crippen molar-refractivity contribution < 1.29 is 0 Å². The molecule has 5 heteroatoms. The van der Waals surface area contributed by atoms with Gasteiger partial charge in [0.25, 0.3) is 0 Å². The Morgan fingerprint density at radius 3 is 3.13 bits per heavy atom. The maximum absolute atomic E-state index is 4.07. The Balaban J connectivity index is 1.84. The fraction of sp³-hybridized carbons (Fsp3) is 0.400. The minimum Gasteiger partial charge on any atom is -0.381 e. The quantitative estimate of drug-likeness (QED) is 0.811. The summed E-state index contributed by atoms with van der Waals surface area (Å²) in [6, 6.07) is 6.71. The number of rotatable bonds is 2. The third kappa shape index (κ3) is 1.79. The van der Waals surface area contributed by atoms with E-state index in [2.05, 4.69) is 26.8 Å². The van der Waals surface area contributed by atoms with Crippen LogP contribution in [0.3, 0.4) is 0 Å². The largest absolute Gasteiger partial charge is 0.381 e. The van der Waals surface area contributed by atoms with Gasteiger partial charge in [-0.15, -0.1) is 0 Å². The predicted molar refractivity (Wildman–Crippen MR) is 63.2 cm³/mol. The van der Waals surface area contributed by atoms with Crippen LogP contribution in [0.4, 0.5) is 5.69 Å². The van der Waals surface area contributed by atoms with Crippen molar-refractivity contribution in [1.29, 1.82) is 0 Å². The summed E-state index contributed by atoms with van der Waals surface area (Å²) in [7, 11) is 0. The average molecular weight is 220 g/mol. The van der Waals surface area contributed by atoms with Crippen LogP contribution in [0.15, 0.2) is 18.2 Å². The van der Waals surface area contributed by atoms with Gasteiger partial charge in [-0.2, -0.15) is 27.2 Å². The molecule has 1 aliphatic heterocycles. The van der Waals surface area contributed by atoms with Gasteiger partial charge in [0, 0.05) is 17.5 Å². The van der Waals surface area contributed by atoms with Gasteiger partial charge in [0.05, 0.1) is 0 Å². The number of hydrogen-bond donors (Lipinski definition) is 2. The maximum atomic E-state index is 4.07. The van der Waals surface area contributed by atoms with Gasteiger partial charge >= 0.3 is 0 Å². The molecule has 1 aromatic carbocycles. The van der Waals surface area contributed by atoms with E-state index < -0.39 is 0 Å². The van der Waals surface area contributed by atoms with E-state index in [4.69, 9.17) is 0 Å². The van der Waals surface area contributed by atoms with Crippen molar-refractivity contribution in [3.63, 3.8) is 0 Å². The number of nitrogens with one attached hydrogen (secondary N) is 2. The standard InChI is InChI=1S/C10H12N4S/c1-2-9-10(13-14-12-9)5-7(1)11-8-3-4-15-6-8/h1-2,5,8,11H,3-4,6H2,(H,12,13,14). The zero-order valence-electron chi connectivity index (χ0n) is 8.23. The monoisotopic (exact) mass is 220 g/mol. The van der Waals surface area contributed by atoms with Crippen LogP contribution in [-0.2, 0) is 0 Å². The third-order valence-electron chi connectivity index (χ3n) is 2.62. The molecular weight excluding hydrogens is 208 g/mol. The highest BCUT2D eigenvalue weighted by atomic mass is 32.2. The lowest BCUT2D eigenvalue weighted by atomic mass is 10.2. The molecule has 1 saturated heterocycles. The lowest BCUT2D eigenvalue weighted by molar-refractivity contribution is 0.813. The highest BCUT2D eigenvalue weighted by Crippen LogP contribution is 2.22. The molecule has 0 saturated carbocycles. The van der Waals surface area contributed by atoms with Crippen molar-refractivity contribution in [1.82, 2.24) is 15.4 Å². The number of aromatic amines is 1. The summed E-state index contributed by atoms with van der Waals surface area (Å²) < 4.78 is 0. The molecule has 0 bridgehead atoms. The third-order valence-corrected chi connectivity index (χ3v) is 3.78. The molecule has 4 nitrogen and oxygen atoms in total. The number of benzene rings is 1. The topological polar surface area (TPSA) is 53.6 Å². The second-order valence-electron chi connectivity index (χ2n) is 3.73. The van der Waals surface area contributed by atoms with Crippen molar-refractivity contribution in [3.05, 3.63) is 18.2 Å². The first-order chi connectivity index (χ1) is 7.42. The second kappa shape index (κ2) is 3.73. The van der Waals surface area contributed by atoms with E-state index in [1.165, 1.54) is 17.9 Å². The zero-order valence-corrected chi connectivity index (χ0v) is 9.05. The minimum atomic E-state index is 0.611. The summed E-state index contributed by atoms with van der Waals surface area (Å²) >= 11 is 2.01. The molecule has 3 rings (SSSR count). The number of fused-ring (bicyclic) bond motifs is 1. The molecule has 15 heavy (non-hydrogen) atoms. The molecule has 1 aliphatic rings. The fourth-order valence-corrected chi connectivity index (χ4v) is 2.97. The Labute approximate surface area is 91.8 Å². The molecule has 1 unspecified atom stereocenters. The maximum Gasteiger partial charge on any atom is 0.115 e. The van der Waals surface area contributed by atoms with Crippen molar-refractivity contribution in [2.24, 2.45) is 0 Å². The minimum absolute atomic E-state index is 0.611. The number of H-pyrrole nitrogens is 1. The van der Waals surface area contributed by atoms with Gasteiger partial charge in [-0.05, 0) is 30.4 Å². The Kier molecular flexibility index (Phi) is 2.25. The average Bonchev–Trinajstić information content (AvgIpc) is 2.87. The van der Waals surface area contributed by atoms with E-state index in [1.807, 2.05) is 23.9 Å². The van der Waals surface area contributed by atoms with Crippen LogP contribution in [0.5, 0.6) is 0 Å². The van der Waals surface area contributed by atoms with Crippen molar-refractivity contribution in [2.45, 2.75) is 12.5 Å². The molecule has 0 radical (unpaired) electrons. The number of thioether (sulfide) groups is 1. The van der Waals surface area contributed by atoms with Crippen molar-refractivity contribution >= 4 is 28.5 Å². The van der Waals surface area contributed by atoms with E-state index in [9.17, 15) is 0 Å². The van der Waals surface area contributed by atoms with Gasteiger partial charge in [-0.1, -0.05) is 0 Å². The number of nitrogens with zero attached hydrogens (tertiary/aromatic N) is 2. The SMILES string of the molecule is c1cc2n[nH]nc2cc1NC1CCSC1. The Morgan fingerprint density at radius 2 is 2.27 bits per heavy atom. The van der Waals surface area contributed by atoms with Crippen LogP contribution in [-0.4, -0.2) is 33.0 Å². The Bertz CT molecular complexity index is 461. The number of hydrogen-bond acceptors (Lipinski definition) is 4. The van der Waals surface area contributed by atoms with E-state index in [-0.39, 0.29) is 0 Å². The number of anilines is 1. The summed E-state index contributed by atoms with van der Waals surface area (Å²) in [5.41, 5.74) is 2.98. The Morgan fingerprint density at radius 1 is 1.33 bits per heavy atom.